The summed E-state index contributed by atoms with van der Waals surface area (Å²) in [5.74, 6) is -1.32. The zero-order valence-corrected chi connectivity index (χ0v) is 19.5. The van der Waals surface area contributed by atoms with Crippen LogP contribution in [-0.4, -0.2) is 39.2 Å². The van der Waals surface area contributed by atoms with E-state index in [4.69, 9.17) is 18.9 Å². The molecular formula is C27H26O7. The minimum absolute atomic E-state index is 0.108. The molecule has 0 bridgehead atoms. The van der Waals surface area contributed by atoms with Crippen molar-refractivity contribution in [1.82, 2.24) is 0 Å². The first-order valence-corrected chi connectivity index (χ1v) is 10.8. The number of carbonyl (C=O) groups excluding carboxylic acids is 3. The molecule has 2 aromatic carbocycles. The highest BCUT2D eigenvalue weighted by Crippen LogP contribution is 2.60. The predicted molar refractivity (Wildman–Crippen MR) is 124 cm³/mol. The van der Waals surface area contributed by atoms with Crippen LogP contribution in [0.4, 0.5) is 0 Å². The Bertz CT molecular complexity index is 1180. The molecule has 2 aliphatic rings. The predicted octanol–water partition coefficient (Wildman–Crippen LogP) is 4.06. The summed E-state index contributed by atoms with van der Waals surface area (Å²) in [6.07, 6.45) is 1.34. The molecule has 0 N–H and O–H groups in total. The van der Waals surface area contributed by atoms with Crippen LogP contribution in [0.15, 0.2) is 66.2 Å². The maximum Gasteiger partial charge on any atom is 0.323 e. The number of ether oxygens (including phenoxy) is 4. The monoisotopic (exact) mass is 462 g/mol. The molecule has 0 saturated heterocycles. The number of hydrogen-bond acceptors (Lipinski definition) is 7. The van der Waals surface area contributed by atoms with Crippen molar-refractivity contribution >= 4 is 29.4 Å². The number of aryl methyl sites for hydroxylation is 1. The third kappa shape index (κ3) is 3.57. The summed E-state index contributed by atoms with van der Waals surface area (Å²) in [7, 11) is 3.69. The molecule has 34 heavy (non-hydrogen) atoms. The van der Waals surface area contributed by atoms with Gasteiger partial charge in [0.15, 0.2) is 5.41 Å². The van der Waals surface area contributed by atoms with Crippen molar-refractivity contribution in [1.29, 1.82) is 0 Å². The highest BCUT2D eigenvalue weighted by atomic mass is 16.5. The van der Waals surface area contributed by atoms with Gasteiger partial charge in [-0.25, -0.2) is 0 Å². The first-order chi connectivity index (χ1) is 16.3. The van der Waals surface area contributed by atoms with Gasteiger partial charge in [0, 0.05) is 17.5 Å². The Kier molecular flexibility index (Phi) is 6.04. The van der Waals surface area contributed by atoms with E-state index in [1.807, 2.05) is 61.5 Å². The van der Waals surface area contributed by atoms with Crippen molar-refractivity contribution in [3.05, 3.63) is 82.9 Å². The van der Waals surface area contributed by atoms with Gasteiger partial charge < -0.3 is 18.9 Å². The van der Waals surface area contributed by atoms with Gasteiger partial charge in [-0.3, -0.25) is 14.4 Å². The number of esters is 3. The summed E-state index contributed by atoms with van der Waals surface area (Å²) < 4.78 is 21.6. The maximum atomic E-state index is 13.4. The Labute approximate surface area is 198 Å². The van der Waals surface area contributed by atoms with Crippen LogP contribution in [0.2, 0.25) is 0 Å². The van der Waals surface area contributed by atoms with E-state index in [0.717, 1.165) is 11.1 Å². The molecule has 4 rings (SSSR count). The summed E-state index contributed by atoms with van der Waals surface area (Å²) in [6, 6.07) is 16.9. The van der Waals surface area contributed by atoms with Gasteiger partial charge in [0.2, 0.25) is 0 Å². The lowest BCUT2D eigenvalue weighted by molar-refractivity contribution is -0.169. The smallest absolute Gasteiger partial charge is 0.323 e. The van der Waals surface area contributed by atoms with Crippen molar-refractivity contribution in [2.24, 2.45) is 10.8 Å². The largest absolute Gasteiger partial charge is 0.468 e. The fourth-order valence-electron chi connectivity index (χ4n) is 4.83. The molecule has 1 aliphatic carbocycles. The Morgan fingerprint density at radius 2 is 1.38 bits per heavy atom. The molecule has 0 amide bonds. The third-order valence-electron chi connectivity index (χ3n) is 6.54. The van der Waals surface area contributed by atoms with Crippen LogP contribution in [0.5, 0.6) is 0 Å². The maximum absolute atomic E-state index is 13.4. The highest BCUT2D eigenvalue weighted by molar-refractivity contribution is 6.05. The number of hydrogen-bond donors (Lipinski definition) is 0. The van der Waals surface area contributed by atoms with Crippen LogP contribution < -0.4 is 0 Å². The van der Waals surface area contributed by atoms with Crippen LogP contribution in [0.1, 0.15) is 29.5 Å². The van der Waals surface area contributed by atoms with Gasteiger partial charge in [-0.2, -0.15) is 0 Å². The molecule has 1 saturated carbocycles. The standard InChI is InChI=1S/C27H26O7/c1-17-10-12-19(13-11-17)22-20-14-27(24(29)32-3,25(30)33-4)16-26(20,23(28)31-2)15-21(34-22)18-8-6-5-7-9-18/h5-13,15H,14,16H2,1-4H3. The minimum atomic E-state index is -1.73. The zero-order valence-electron chi connectivity index (χ0n) is 19.5. The average molecular weight is 462 g/mol. The summed E-state index contributed by atoms with van der Waals surface area (Å²) >= 11 is 0. The summed E-state index contributed by atoms with van der Waals surface area (Å²) in [6.45, 7) is 1.96. The number of carbonyl (C=O) groups is 3. The lowest BCUT2D eigenvalue weighted by Gasteiger charge is -2.32. The molecule has 0 aromatic heterocycles. The van der Waals surface area contributed by atoms with E-state index in [1.165, 1.54) is 21.3 Å². The fourth-order valence-corrected chi connectivity index (χ4v) is 4.83. The molecule has 0 radical (unpaired) electrons. The number of fused-ring (bicyclic) bond motifs is 1. The van der Waals surface area contributed by atoms with Crippen LogP contribution >= 0.6 is 0 Å². The van der Waals surface area contributed by atoms with E-state index < -0.39 is 28.7 Å². The average Bonchev–Trinajstić information content (AvgIpc) is 3.25. The van der Waals surface area contributed by atoms with Gasteiger partial charge in [0.1, 0.15) is 16.9 Å². The second-order valence-electron chi connectivity index (χ2n) is 8.53. The Morgan fingerprint density at radius 1 is 0.794 bits per heavy atom. The summed E-state index contributed by atoms with van der Waals surface area (Å²) in [4.78, 5) is 39.5. The summed E-state index contributed by atoms with van der Waals surface area (Å²) in [5.41, 5.74) is -0.189. The van der Waals surface area contributed by atoms with Gasteiger partial charge in [0.25, 0.3) is 0 Å². The molecule has 1 unspecified atom stereocenters. The Balaban J connectivity index is 2.03. The van der Waals surface area contributed by atoms with Crippen LogP contribution in [0.25, 0.3) is 11.5 Å². The Hall–Kier alpha value is -3.87. The van der Waals surface area contributed by atoms with Gasteiger partial charge in [-0.05, 0) is 25.0 Å². The molecule has 7 heteroatoms. The summed E-state index contributed by atoms with van der Waals surface area (Å²) in [5, 5.41) is 0. The van der Waals surface area contributed by atoms with Gasteiger partial charge in [-0.15, -0.1) is 0 Å². The molecule has 0 spiro atoms. The van der Waals surface area contributed by atoms with Crippen molar-refractivity contribution in [2.75, 3.05) is 21.3 Å². The zero-order chi connectivity index (χ0) is 24.5. The molecule has 1 aliphatic heterocycles. The van der Waals surface area contributed by atoms with Gasteiger partial charge in [0.05, 0.1) is 21.3 Å². The fraction of sp³-hybridized carbons (Fsp3) is 0.296. The SMILES string of the molecule is COC(=O)C12C=C(c3ccccc3)OC(c3ccc(C)cc3)=C1CC(C(=O)OC)(C(=O)OC)C2. The van der Waals surface area contributed by atoms with E-state index in [-0.39, 0.29) is 12.8 Å². The number of methoxy groups -OCH3 is 3. The second kappa shape index (κ2) is 8.82. The van der Waals surface area contributed by atoms with Gasteiger partial charge in [-0.1, -0.05) is 60.2 Å². The van der Waals surface area contributed by atoms with Crippen molar-refractivity contribution in [3.63, 3.8) is 0 Å². The topological polar surface area (TPSA) is 88.1 Å². The molecule has 1 heterocycles. The molecule has 176 valence electrons. The highest BCUT2D eigenvalue weighted by Gasteiger charge is 2.66. The lowest BCUT2D eigenvalue weighted by atomic mass is 9.76. The Morgan fingerprint density at radius 3 is 1.94 bits per heavy atom. The van der Waals surface area contributed by atoms with Crippen LogP contribution in [0, 0.1) is 17.8 Å². The first kappa shape index (κ1) is 23.3. The van der Waals surface area contributed by atoms with E-state index in [0.29, 0.717) is 22.7 Å². The lowest BCUT2D eigenvalue weighted by Crippen LogP contribution is -2.41. The first-order valence-electron chi connectivity index (χ1n) is 10.8. The van der Waals surface area contributed by atoms with E-state index >= 15 is 0 Å². The van der Waals surface area contributed by atoms with E-state index in [2.05, 4.69) is 0 Å². The van der Waals surface area contributed by atoms with Crippen molar-refractivity contribution < 1.29 is 33.3 Å². The molecule has 1 atom stereocenters. The van der Waals surface area contributed by atoms with Crippen molar-refractivity contribution in [3.8, 4) is 0 Å². The minimum Gasteiger partial charge on any atom is -0.468 e. The second-order valence-corrected chi connectivity index (χ2v) is 8.53. The van der Waals surface area contributed by atoms with Crippen LogP contribution in [-0.2, 0) is 33.3 Å². The number of benzene rings is 2. The van der Waals surface area contributed by atoms with E-state index in [1.54, 1.807) is 6.08 Å². The molecule has 1 fully saturated rings. The molecular weight excluding hydrogens is 436 g/mol. The molecule has 2 aromatic rings. The third-order valence-corrected chi connectivity index (χ3v) is 6.54. The molecule has 7 nitrogen and oxygen atoms in total. The van der Waals surface area contributed by atoms with Gasteiger partial charge >= 0.3 is 17.9 Å². The van der Waals surface area contributed by atoms with Crippen molar-refractivity contribution in [2.45, 2.75) is 19.8 Å². The number of rotatable bonds is 5. The van der Waals surface area contributed by atoms with Crippen LogP contribution in [0.3, 0.4) is 0 Å². The quantitative estimate of drug-likeness (QED) is 0.376. The van der Waals surface area contributed by atoms with E-state index in [9.17, 15) is 14.4 Å². The normalized spacial score (nSPS) is 20.5.